The molecule has 200 valence electrons. The fraction of sp³-hybridized carbons (Fsp3) is 0.500. The molecule has 0 atom stereocenters. The maximum Gasteiger partial charge on any atom is 0.225 e. The number of nitrogens with one attached hydrogen (secondary N) is 2. The second-order valence-electron chi connectivity index (χ2n) is 11.5. The molecular weight excluding hydrogens is 468 g/mol. The summed E-state index contributed by atoms with van der Waals surface area (Å²) in [6.07, 6.45) is 9.55. The highest BCUT2D eigenvalue weighted by atomic mass is 15.2. The van der Waals surface area contributed by atoms with Crippen LogP contribution in [0.4, 0.5) is 11.8 Å². The number of nitrogens with zero attached hydrogens (tertiary/aromatic N) is 4. The van der Waals surface area contributed by atoms with Crippen LogP contribution in [0.15, 0.2) is 42.5 Å². The van der Waals surface area contributed by atoms with Crippen molar-refractivity contribution >= 4 is 33.6 Å². The Morgan fingerprint density at radius 2 is 1.71 bits per heavy atom. The smallest absolute Gasteiger partial charge is 0.225 e. The van der Waals surface area contributed by atoms with E-state index in [0.717, 1.165) is 50.2 Å². The summed E-state index contributed by atoms with van der Waals surface area (Å²) in [5, 5.41) is 10.2. The van der Waals surface area contributed by atoms with Crippen molar-refractivity contribution in [3.63, 3.8) is 0 Å². The number of aromatic nitrogens is 3. The van der Waals surface area contributed by atoms with Gasteiger partial charge in [0, 0.05) is 60.6 Å². The minimum atomic E-state index is 0.473. The van der Waals surface area contributed by atoms with Gasteiger partial charge in [0.25, 0.3) is 0 Å². The number of benzene rings is 2. The van der Waals surface area contributed by atoms with Gasteiger partial charge in [0.05, 0.1) is 5.69 Å². The van der Waals surface area contributed by atoms with Crippen LogP contribution in [0.3, 0.4) is 0 Å². The summed E-state index contributed by atoms with van der Waals surface area (Å²) in [4.78, 5) is 12.0. The Balaban J connectivity index is 1.03. The highest BCUT2D eigenvalue weighted by Gasteiger charge is 2.24. The molecule has 0 radical (unpaired) electrons. The van der Waals surface area contributed by atoms with Gasteiger partial charge in [0.15, 0.2) is 0 Å². The molecule has 38 heavy (non-hydrogen) atoms. The molecule has 2 heterocycles. The van der Waals surface area contributed by atoms with E-state index < -0.39 is 0 Å². The molecule has 0 saturated heterocycles. The molecule has 2 aromatic heterocycles. The fourth-order valence-corrected chi connectivity index (χ4v) is 6.67. The van der Waals surface area contributed by atoms with E-state index in [4.69, 9.17) is 9.97 Å². The third-order valence-corrected chi connectivity index (χ3v) is 8.68. The second-order valence-corrected chi connectivity index (χ2v) is 11.5. The summed E-state index contributed by atoms with van der Waals surface area (Å²) in [5.74, 6) is 2.67. The third-order valence-electron chi connectivity index (χ3n) is 8.68. The van der Waals surface area contributed by atoms with Crippen molar-refractivity contribution in [3.8, 4) is 0 Å². The number of fused-ring (bicyclic) bond motifs is 4. The normalized spacial score (nSPS) is 19.6. The maximum absolute atomic E-state index is 4.94. The van der Waals surface area contributed by atoms with Crippen LogP contribution in [-0.2, 0) is 25.9 Å². The Morgan fingerprint density at radius 1 is 0.921 bits per heavy atom. The molecule has 2 aliphatic carbocycles. The zero-order valence-electron chi connectivity index (χ0n) is 23.3. The Kier molecular flexibility index (Phi) is 7.24. The highest BCUT2D eigenvalue weighted by molar-refractivity contribution is 6.08. The van der Waals surface area contributed by atoms with Gasteiger partial charge in [0.1, 0.15) is 5.82 Å². The summed E-state index contributed by atoms with van der Waals surface area (Å²) in [7, 11) is 4.20. The molecule has 6 rings (SSSR count). The van der Waals surface area contributed by atoms with E-state index in [1.807, 2.05) is 0 Å². The van der Waals surface area contributed by atoms with Gasteiger partial charge in [-0.15, -0.1) is 0 Å². The largest absolute Gasteiger partial charge is 0.362 e. The lowest BCUT2D eigenvalue weighted by atomic mass is 9.86. The lowest BCUT2D eigenvalue weighted by Crippen LogP contribution is -2.32. The second kappa shape index (κ2) is 10.9. The van der Waals surface area contributed by atoms with Crippen LogP contribution in [0.5, 0.6) is 0 Å². The molecule has 1 fully saturated rings. The van der Waals surface area contributed by atoms with Crippen LogP contribution in [0.2, 0.25) is 0 Å². The SMILES string of the molecule is CCn1c2ccccc2c2cc(CNCC3CCC(Nc4nc5c(c(N(C)C)n4)CCCC5)CC3)ccc21. The van der Waals surface area contributed by atoms with E-state index in [1.165, 1.54) is 77.2 Å². The van der Waals surface area contributed by atoms with Crippen LogP contribution < -0.4 is 15.5 Å². The number of para-hydroxylation sites is 1. The summed E-state index contributed by atoms with van der Waals surface area (Å²) < 4.78 is 2.42. The Labute approximate surface area is 226 Å². The van der Waals surface area contributed by atoms with Crippen molar-refractivity contribution in [2.24, 2.45) is 5.92 Å². The van der Waals surface area contributed by atoms with Crippen LogP contribution in [0, 0.1) is 5.92 Å². The molecule has 0 aliphatic heterocycles. The minimum Gasteiger partial charge on any atom is -0.362 e. The predicted octanol–water partition coefficient (Wildman–Crippen LogP) is 6.31. The Morgan fingerprint density at radius 3 is 2.53 bits per heavy atom. The van der Waals surface area contributed by atoms with E-state index in [9.17, 15) is 0 Å². The molecule has 0 spiro atoms. The number of anilines is 2. The van der Waals surface area contributed by atoms with Gasteiger partial charge in [-0.2, -0.15) is 4.98 Å². The first kappa shape index (κ1) is 25.2. The first-order valence-electron chi connectivity index (χ1n) is 14.6. The molecular formula is C32H42N6. The minimum absolute atomic E-state index is 0.473. The van der Waals surface area contributed by atoms with Crippen molar-refractivity contribution in [1.82, 2.24) is 19.9 Å². The first-order valence-corrected chi connectivity index (χ1v) is 14.6. The van der Waals surface area contributed by atoms with E-state index in [-0.39, 0.29) is 0 Å². The zero-order chi connectivity index (χ0) is 26.1. The lowest BCUT2D eigenvalue weighted by Gasteiger charge is -2.30. The monoisotopic (exact) mass is 510 g/mol. The molecule has 0 amide bonds. The molecule has 2 aromatic carbocycles. The summed E-state index contributed by atoms with van der Waals surface area (Å²) in [6.45, 7) is 5.23. The van der Waals surface area contributed by atoms with Gasteiger partial charge in [-0.3, -0.25) is 0 Å². The average Bonchev–Trinajstić information content (AvgIpc) is 3.26. The summed E-state index contributed by atoms with van der Waals surface area (Å²) in [6, 6.07) is 16.2. The fourth-order valence-electron chi connectivity index (χ4n) is 6.67. The third kappa shape index (κ3) is 4.98. The van der Waals surface area contributed by atoms with Crippen LogP contribution in [-0.4, -0.2) is 41.2 Å². The molecule has 1 saturated carbocycles. The zero-order valence-corrected chi connectivity index (χ0v) is 23.3. The average molecular weight is 511 g/mol. The Hall–Kier alpha value is -3.12. The van der Waals surface area contributed by atoms with Crippen molar-refractivity contribution < 1.29 is 0 Å². The van der Waals surface area contributed by atoms with E-state index in [1.54, 1.807) is 0 Å². The lowest BCUT2D eigenvalue weighted by molar-refractivity contribution is 0.323. The molecule has 0 bridgehead atoms. The van der Waals surface area contributed by atoms with Gasteiger partial charge < -0.3 is 20.1 Å². The number of rotatable bonds is 8. The molecule has 2 N–H and O–H groups in total. The number of hydrogen-bond donors (Lipinski definition) is 2. The quantitative estimate of drug-likeness (QED) is 0.291. The van der Waals surface area contributed by atoms with Gasteiger partial charge in [-0.1, -0.05) is 24.3 Å². The van der Waals surface area contributed by atoms with Gasteiger partial charge >= 0.3 is 0 Å². The molecule has 0 unspecified atom stereocenters. The number of hydrogen-bond acceptors (Lipinski definition) is 5. The van der Waals surface area contributed by atoms with E-state index in [0.29, 0.717) is 6.04 Å². The van der Waals surface area contributed by atoms with Crippen molar-refractivity contribution in [1.29, 1.82) is 0 Å². The predicted molar refractivity (Wildman–Crippen MR) is 159 cm³/mol. The van der Waals surface area contributed by atoms with Crippen molar-refractivity contribution in [2.45, 2.75) is 77.4 Å². The van der Waals surface area contributed by atoms with Crippen LogP contribution >= 0.6 is 0 Å². The summed E-state index contributed by atoms with van der Waals surface area (Å²) in [5.41, 5.74) is 6.65. The van der Waals surface area contributed by atoms with E-state index >= 15 is 0 Å². The van der Waals surface area contributed by atoms with Crippen molar-refractivity contribution in [3.05, 3.63) is 59.3 Å². The van der Waals surface area contributed by atoms with E-state index in [2.05, 4.69) is 83.6 Å². The maximum atomic E-state index is 4.94. The Bertz CT molecular complexity index is 1410. The highest BCUT2D eigenvalue weighted by Crippen LogP contribution is 2.31. The van der Waals surface area contributed by atoms with Crippen LogP contribution in [0.25, 0.3) is 21.8 Å². The van der Waals surface area contributed by atoms with Crippen molar-refractivity contribution in [2.75, 3.05) is 30.9 Å². The number of aryl methyl sites for hydroxylation is 2. The van der Waals surface area contributed by atoms with Gasteiger partial charge in [-0.25, -0.2) is 4.98 Å². The van der Waals surface area contributed by atoms with Gasteiger partial charge in [0.2, 0.25) is 5.95 Å². The topological polar surface area (TPSA) is 58.0 Å². The molecule has 6 nitrogen and oxygen atoms in total. The van der Waals surface area contributed by atoms with Gasteiger partial charge in [-0.05, 0) is 94.5 Å². The van der Waals surface area contributed by atoms with Crippen LogP contribution in [0.1, 0.15) is 62.3 Å². The molecule has 6 heteroatoms. The summed E-state index contributed by atoms with van der Waals surface area (Å²) >= 11 is 0. The first-order chi connectivity index (χ1) is 18.6. The standard InChI is InChI=1S/C32H42N6/c1-4-38-29-12-8-6-9-25(29)27-19-23(15-18-30(27)38)21-33-20-22-13-16-24(17-14-22)34-32-35-28-11-7-5-10-26(28)31(36-32)37(2)3/h6,8-9,12,15,18-19,22,24,33H,4-5,7,10-11,13-14,16-17,20-21H2,1-3H3,(H,34,35,36). The molecule has 2 aliphatic rings. The molecule has 4 aromatic rings.